The number of carbonyl (C=O) groups is 2. The molecule has 2 bridgehead atoms. The van der Waals surface area contributed by atoms with Crippen LogP contribution in [0.5, 0.6) is 5.75 Å². The third-order valence-electron chi connectivity index (χ3n) is 13.8. The van der Waals surface area contributed by atoms with E-state index < -0.39 is 13.7 Å². The quantitative estimate of drug-likeness (QED) is 0.0500. The van der Waals surface area contributed by atoms with Crippen LogP contribution in [0.3, 0.4) is 0 Å². The number of rotatable bonds is 16. The second kappa shape index (κ2) is 18.7. The number of amides is 1. The number of aromatic nitrogens is 2. The van der Waals surface area contributed by atoms with Gasteiger partial charge in [-0.05, 0) is 123 Å². The third kappa shape index (κ3) is 10.0. The zero-order valence-corrected chi connectivity index (χ0v) is 37.3. The Morgan fingerprint density at radius 2 is 1.80 bits per heavy atom. The van der Waals surface area contributed by atoms with Crippen LogP contribution in [0.15, 0.2) is 71.7 Å². The van der Waals surface area contributed by atoms with Crippen molar-refractivity contribution < 1.29 is 23.9 Å². The van der Waals surface area contributed by atoms with Gasteiger partial charge in [0.2, 0.25) is 5.56 Å². The van der Waals surface area contributed by atoms with E-state index in [9.17, 15) is 19.5 Å². The fraction of sp³-hybridized carbons (Fsp3) is 0.542. The van der Waals surface area contributed by atoms with Gasteiger partial charge in [0.25, 0.3) is 5.91 Å². The summed E-state index contributed by atoms with van der Waals surface area (Å²) in [6, 6.07) is 19.0. The van der Waals surface area contributed by atoms with E-state index in [1.165, 1.54) is 18.1 Å². The fourth-order valence-corrected chi connectivity index (χ4v) is 10.4. The number of ether oxygens (including phenoxy) is 1. The van der Waals surface area contributed by atoms with Gasteiger partial charge in [0, 0.05) is 43.8 Å². The molecule has 8 rings (SSSR count). The van der Waals surface area contributed by atoms with E-state index in [4.69, 9.17) is 9.16 Å². The van der Waals surface area contributed by atoms with E-state index >= 15 is 0 Å². The van der Waals surface area contributed by atoms with E-state index in [1.54, 1.807) is 24.4 Å². The first-order chi connectivity index (χ1) is 28.7. The average Bonchev–Trinajstić information content (AvgIpc) is 3.24. The first-order valence-electron chi connectivity index (χ1n) is 22.2. The van der Waals surface area contributed by atoms with Gasteiger partial charge < -0.3 is 29.9 Å². The van der Waals surface area contributed by atoms with Gasteiger partial charge in [0.15, 0.2) is 8.32 Å². The van der Waals surface area contributed by atoms with Crippen molar-refractivity contribution in [2.24, 2.45) is 5.92 Å². The van der Waals surface area contributed by atoms with Crippen molar-refractivity contribution in [3.63, 3.8) is 0 Å². The minimum Gasteiger partial charge on any atom is -0.506 e. The number of hydrogen-bond donors (Lipinski definition) is 4. The van der Waals surface area contributed by atoms with Gasteiger partial charge in [-0.1, -0.05) is 70.4 Å². The van der Waals surface area contributed by atoms with Crippen molar-refractivity contribution >= 4 is 31.1 Å². The van der Waals surface area contributed by atoms with Crippen LogP contribution >= 0.6 is 0 Å². The second-order valence-electron chi connectivity index (χ2n) is 19.0. The molecular weight excluding hydrogens is 771 g/mol. The highest BCUT2D eigenvalue weighted by Crippen LogP contribution is 2.43. The number of nitrogens with zero attached hydrogens (tertiary/aromatic N) is 2. The van der Waals surface area contributed by atoms with E-state index in [-0.39, 0.29) is 40.4 Å². The first kappa shape index (κ1) is 43.7. The number of carbonyl (C=O) groups excluding carboxylic acids is 2. The number of H-pyrrole nitrogens is 1. The van der Waals surface area contributed by atoms with E-state index in [0.717, 1.165) is 99.6 Å². The Labute approximate surface area is 356 Å². The Morgan fingerprint density at radius 3 is 2.50 bits per heavy atom. The van der Waals surface area contributed by atoms with Gasteiger partial charge >= 0.3 is 5.97 Å². The Morgan fingerprint density at radius 1 is 1.02 bits per heavy atom. The summed E-state index contributed by atoms with van der Waals surface area (Å²) in [4.78, 5) is 48.9. The van der Waals surface area contributed by atoms with Crippen molar-refractivity contribution in [2.75, 3.05) is 32.7 Å². The molecule has 60 heavy (non-hydrogen) atoms. The zero-order valence-electron chi connectivity index (χ0n) is 36.3. The van der Waals surface area contributed by atoms with Crippen molar-refractivity contribution in [1.82, 2.24) is 25.5 Å². The maximum absolute atomic E-state index is 14.0. The van der Waals surface area contributed by atoms with Gasteiger partial charge in [-0.15, -0.1) is 0 Å². The van der Waals surface area contributed by atoms with Crippen molar-refractivity contribution in [3.8, 4) is 5.75 Å². The number of hydrogen-bond acceptors (Lipinski definition) is 9. The van der Waals surface area contributed by atoms with Crippen molar-refractivity contribution in [1.29, 1.82) is 0 Å². The standard InChI is InChI=1S/C48H65N5O6Si/c1-47(2,3)60(4,5)59-41(38-17-19-40(54)44-39(38)18-20-43(55)52-44)31-49-30-37-16-15-35(29-51-37)45(56)50-25-10-7-12-33-13-11-14-36(28-33)48(23-8-6-9-24-48)46(57)58-42-32-53-26-21-34(42)22-27-53/h11,13-20,28-29,34,41-42,49,54H,6-10,12,21-27,30-32H2,1-5H3,(H,50,56)(H,52,55)/t41-,42-/m0/s1. The van der Waals surface area contributed by atoms with Crippen LogP contribution in [-0.2, 0) is 32.3 Å². The molecule has 0 radical (unpaired) electrons. The number of aromatic hydroxyl groups is 1. The number of unbranched alkanes of at least 4 members (excludes halogenated alkanes) is 1. The molecule has 11 nitrogen and oxygen atoms in total. The third-order valence-corrected chi connectivity index (χ3v) is 18.3. The van der Waals surface area contributed by atoms with Gasteiger partial charge in [0.1, 0.15) is 11.9 Å². The Kier molecular flexibility index (Phi) is 13.6. The van der Waals surface area contributed by atoms with Crippen molar-refractivity contribution in [2.45, 2.75) is 127 Å². The lowest BCUT2D eigenvalue weighted by Gasteiger charge is -2.45. The number of phenolic OH excluding ortho intramolecular Hbond substituents is 1. The molecule has 4 aromatic rings. The molecule has 3 aliphatic heterocycles. The number of nitrogens with one attached hydrogen (secondary N) is 3. The predicted octanol–water partition coefficient (Wildman–Crippen LogP) is 8.07. The Balaban J connectivity index is 0.894. The molecule has 0 spiro atoms. The zero-order chi connectivity index (χ0) is 42.5. The largest absolute Gasteiger partial charge is 0.506 e. The minimum absolute atomic E-state index is 0.0141. The number of phenols is 1. The highest BCUT2D eigenvalue weighted by molar-refractivity contribution is 6.74. The van der Waals surface area contributed by atoms with E-state index in [2.05, 4.69) is 83.6 Å². The predicted molar refractivity (Wildman–Crippen MR) is 239 cm³/mol. The summed E-state index contributed by atoms with van der Waals surface area (Å²) >= 11 is 0. The molecule has 4 fully saturated rings. The maximum Gasteiger partial charge on any atom is 0.316 e. The second-order valence-corrected chi connectivity index (χ2v) is 23.7. The first-order valence-corrected chi connectivity index (χ1v) is 25.1. The summed E-state index contributed by atoms with van der Waals surface area (Å²) in [5.74, 6) is 0.353. The van der Waals surface area contributed by atoms with Crippen LogP contribution in [0.4, 0.5) is 0 Å². The average molecular weight is 836 g/mol. The molecule has 2 aromatic carbocycles. The Hall–Kier alpha value is -4.36. The normalized spacial score (nSPS) is 20.8. The number of piperidine rings is 3. The summed E-state index contributed by atoms with van der Waals surface area (Å²) < 4.78 is 13.3. The van der Waals surface area contributed by atoms with Gasteiger partial charge in [-0.25, -0.2) is 0 Å². The number of benzene rings is 2. The van der Waals surface area contributed by atoms with Gasteiger partial charge in [-0.2, -0.15) is 0 Å². The lowest BCUT2D eigenvalue weighted by Crippen LogP contribution is -2.53. The highest BCUT2D eigenvalue weighted by atomic mass is 28.4. The lowest BCUT2D eigenvalue weighted by atomic mass is 9.69. The number of aromatic amines is 1. The van der Waals surface area contributed by atoms with Crippen LogP contribution < -0.4 is 16.2 Å². The molecule has 1 amide bonds. The molecule has 2 atom stereocenters. The van der Waals surface area contributed by atoms with Crippen LogP contribution in [0.1, 0.15) is 117 Å². The van der Waals surface area contributed by atoms with Crippen LogP contribution in [-0.4, -0.2) is 79.0 Å². The minimum atomic E-state index is -2.22. The molecule has 1 saturated carbocycles. The monoisotopic (exact) mass is 835 g/mol. The summed E-state index contributed by atoms with van der Waals surface area (Å²) in [5, 5.41) is 17.8. The van der Waals surface area contributed by atoms with Gasteiger partial charge in [-0.3, -0.25) is 24.3 Å². The van der Waals surface area contributed by atoms with Crippen LogP contribution in [0, 0.1) is 5.92 Å². The SMILES string of the molecule is CC(C)(C)[Si](C)(C)O[C@@H](CNCc1ccc(C(=O)NCCCCc2cccc(C3(C(=O)O[C@H]4CN5CCC4CC5)CCCCC3)c2)cn1)c1ccc(O)c2[nH]c(=O)ccc12. The molecule has 322 valence electrons. The molecule has 4 N–H and O–H groups in total. The van der Waals surface area contributed by atoms with E-state index in [1.807, 2.05) is 12.1 Å². The molecule has 1 aliphatic carbocycles. The molecule has 12 heteroatoms. The number of esters is 1. The number of fused-ring (bicyclic) bond motifs is 4. The highest BCUT2D eigenvalue weighted by Gasteiger charge is 2.46. The number of pyridine rings is 2. The molecule has 5 heterocycles. The molecule has 0 unspecified atom stereocenters. The summed E-state index contributed by atoms with van der Waals surface area (Å²) in [6.45, 7) is 15.7. The number of aryl methyl sites for hydroxylation is 1. The maximum atomic E-state index is 14.0. The fourth-order valence-electron chi connectivity index (χ4n) is 9.13. The van der Waals surface area contributed by atoms with Crippen LogP contribution in [0.2, 0.25) is 18.1 Å². The smallest absolute Gasteiger partial charge is 0.316 e. The topological polar surface area (TPSA) is 146 Å². The molecular formula is C48H65N5O6Si. The molecule has 4 aliphatic rings. The van der Waals surface area contributed by atoms with E-state index in [0.29, 0.717) is 36.6 Å². The van der Waals surface area contributed by atoms with Gasteiger partial charge in [0.05, 0.1) is 28.3 Å². The lowest BCUT2D eigenvalue weighted by molar-refractivity contribution is -0.167. The summed E-state index contributed by atoms with van der Waals surface area (Å²) in [7, 11) is -2.22. The molecule has 2 aromatic heterocycles. The van der Waals surface area contributed by atoms with Crippen LogP contribution in [0.25, 0.3) is 10.9 Å². The summed E-state index contributed by atoms with van der Waals surface area (Å²) in [6.07, 6.45) is 11.2. The van der Waals surface area contributed by atoms with Crippen molar-refractivity contribution in [3.05, 3.63) is 105 Å². The Bertz CT molecular complexity index is 2170. The summed E-state index contributed by atoms with van der Waals surface area (Å²) in [5.41, 5.74) is 4.08. The molecule has 3 saturated heterocycles.